The van der Waals surface area contributed by atoms with Gasteiger partial charge in [0.2, 0.25) is 5.95 Å². The molecule has 0 radical (unpaired) electrons. The molecule has 0 atom stereocenters. The number of aromatic nitrogens is 2. The first-order chi connectivity index (χ1) is 6.68. The average Bonchev–Trinajstić information content (AvgIpc) is 2.12. The van der Waals surface area contributed by atoms with E-state index < -0.39 is 0 Å². The highest BCUT2D eigenvalue weighted by atomic mass is 15.1. The highest BCUT2D eigenvalue weighted by Gasteiger charge is 2.31. The molecule has 1 saturated carbocycles. The molecule has 1 heterocycles. The van der Waals surface area contributed by atoms with Crippen LogP contribution < -0.4 is 11.1 Å². The molecule has 1 aromatic heterocycles. The fourth-order valence-electron chi connectivity index (χ4n) is 1.71. The van der Waals surface area contributed by atoms with Gasteiger partial charge in [-0.05, 0) is 24.3 Å². The molecule has 0 amide bonds. The molecule has 3 N–H and O–H groups in total. The van der Waals surface area contributed by atoms with E-state index in [1.807, 2.05) is 0 Å². The summed E-state index contributed by atoms with van der Waals surface area (Å²) in [5, 5.41) is 3.23. The van der Waals surface area contributed by atoms with Crippen molar-refractivity contribution in [2.75, 3.05) is 17.6 Å². The first kappa shape index (κ1) is 9.24. The molecule has 2 rings (SSSR count). The molecule has 0 unspecified atom stereocenters. The second-order valence-electron chi connectivity index (χ2n) is 4.32. The van der Waals surface area contributed by atoms with Crippen molar-refractivity contribution in [3.63, 3.8) is 0 Å². The zero-order valence-electron chi connectivity index (χ0n) is 8.45. The number of rotatable bonds is 3. The standard InChI is InChI=1S/C10H16N4/c1-10(4-2-5-10)7-13-9-12-6-3-8(11)14-9/h3,6H,2,4-5,7H2,1H3,(H3,11,12,13,14). The van der Waals surface area contributed by atoms with E-state index in [0.29, 0.717) is 17.2 Å². The lowest BCUT2D eigenvalue weighted by molar-refractivity contribution is 0.179. The number of anilines is 2. The third kappa shape index (κ3) is 1.95. The molecule has 1 aromatic rings. The summed E-state index contributed by atoms with van der Waals surface area (Å²) < 4.78 is 0. The van der Waals surface area contributed by atoms with Gasteiger partial charge >= 0.3 is 0 Å². The van der Waals surface area contributed by atoms with E-state index in [1.54, 1.807) is 12.3 Å². The average molecular weight is 192 g/mol. The van der Waals surface area contributed by atoms with E-state index in [4.69, 9.17) is 5.73 Å². The van der Waals surface area contributed by atoms with E-state index >= 15 is 0 Å². The van der Waals surface area contributed by atoms with Crippen LogP contribution in [-0.2, 0) is 0 Å². The Morgan fingerprint density at radius 3 is 2.93 bits per heavy atom. The van der Waals surface area contributed by atoms with Gasteiger partial charge in [-0.3, -0.25) is 0 Å². The minimum Gasteiger partial charge on any atom is -0.384 e. The largest absolute Gasteiger partial charge is 0.384 e. The summed E-state index contributed by atoms with van der Waals surface area (Å²) >= 11 is 0. The van der Waals surface area contributed by atoms with E-state index in [9.17, 15) is 0 Å². The van der Waals surface area contributed by atoms with Crippen LogP contribution in [0.15, 0.2) is 12.3 Å². The number of nitrogens with zero attached hydrogens (tertiary/aromatic N) is 2. The summed E-state index contributed by atoms with van der Waals surface area (Å²) in [5.74, 6) is 1.15. The Bertz CT molecular complexity index is 320. The van der Waals surface area contributed by atoms with Crippen LogP contribution in [0.25, 0.3) is 0 Å². The molecule has 0 saturated heterocycles. The minimum atomic E-state index is 0.438. The van der Waals surface area contributed by atoms with Crippen molar-refractivity contribution in [3.8, 4) is 0 Å². The third-order valence-corrected chi connectivity index (χ3v) is 2.91. The van der Waals surface area contributed by atoms with Crippen molar-refractivity contribution in [2.45, 2.75) is 26.2 Å². The van der Waals surface area contributed by atoms with Crippen LogP contribution in [-0.4, -0.2) is 16.5 Å². The highest BCUT2D eigenvalue weighted by molar-refractivity contribution is 5.35. The van der Waals surface area contributed by atoms with Crippen LogP contribution in [0.2, 0.25) is 0 Å². The maximum absolute atomic E-state index is 5.55. The molecule has 14 heavy (non-hydrogen) atoms. The fourth-order valence-corrected chi connectivity index (χ4v) is 1.71. The van der Waals surface area contributed by atoms with Gasteiger partial charge in [0.05, 0.1) is 0 Å². The predicted octanol–water partition coefficient (Wildman–Crippen LogP) is 1.66. The van der Waals surface area contributed by atoms with Gasteiger partial charge in [-0.2, -0.15) is 4.98 Å². The Hall–Kier alpha value is -1.32. The van der Waals surface area contributed by atoms with Gasteiger partial charge in [0.25, 0.3) is 0 Å². The maximum Gasteiger partial charge on any atom is 0.224 e. The van der Waals surface area contributed by atoms with Crippen LogP contribution in [0.1, 0.15) is 26.2 Å². The van der Waals surface area contributed by atoms with Crippen LogP contribution in [0, 0.1) is 5.41 Å². The van der Waals surface area contributed by atoms with Crippen molar-refractivity contribution < 1.29 is 0 Å². The predicted molar refractivity (Wildman–Crippen MR) is 56.9 cm³/mol. The Kier molecular flexibility index (Phi) is 2.27. The van der Waals surface area contributed by atoms with Gasteiger partial charge < -0.3 is 11.1 Å². The lowest BCUT2D eigenvalue weighted by Gasteiger charge is -2.38. The van der Waals surface area contributed by atoms with E-state index in [0.717, 1.165) is 6.54 Å². The Morgan fingerprint density at radius 1 is 1.57 bits per heavy atom. The zero-order valence-corrected chi connectivity index (χ0v) is 8.45. The van der Waals surface area contributed by atoms with Crippen molar-refractivity contribution in [1.82, 2.24) is 9.97 Å². The molecule has 0 bridgehead atoms. The molecule has 0 spiro atoms. The Morgan fingerprint density at radius 2 is 2.36 bits per heavy atom. The molecule has 76 valence electrons. The molecule has 1 aliphatic rings. The van der Waals surface area contributed by atoms with Gasteiger partial charge in [0, 0.05) is 12.7 Å². The summed E-state index contributed by atoms with van der Waals surface area (Å²) in [6.45, 7) is 3.23. The molecule has 1 aliphatic carbocycles. The molecule has 0 aromatic carbocycles. The zero-order chi connectivity index (χ0) is 10.0. The fraction of sp³-hybridized carbons (Fsp3) is 0.600. The van der Waals surface area contributed by atoms with Crippen molar-refractivity contribution in [1.29, 1.82) is 0 Å². The van der Waals surface area contributed by atoms with Gasteiger partial charge in [0.1, 0.15) is 5.82 Å². The maximum atomic E-state index is 5.55. The van der Waals surface area contributed by atoms with Crippen molar-refractivity contribution in [2.24, 2.45) is 5.41 Å². The SMILES string of the molecule is CC1(CNc2nccc(N)n2)CCC1. The molecule has 4 nitrogen and oxygen atoms in total. The minimum absolute atomic E-state index is 0.438. The number of hydrogen-bond donors (Lipinski definition) is 2. The van der Waals surface area contributed by atoms with Crippen LogP contribution in [0.4, 0.5) is 11.8 Å². The van der Waals surface area contributed by atoms with Gasteiger partial charge in [-0.25, -0.2) is 4.98 Å². The van der Waals surface area contributed by atoms with E-state index in [1.165, 1.54) is 19.3 Å². The summed E-state index contributed by atoms with van der Waals surface area (Å²) in [6, 6.07) is 1.69. The first-order valence-electron chi connectivity index (χ1n) is 5.00. The van der Waals surface area contributed by atoms with Crippen LogP contribution >= 0.6 is 0 Å². The normalized spacial score (nSPS) is 18.6. The second-order valence-corrected chi connectivity index (χ2v) is 4.32. The van der Waals surface area contributed by atoms with Gasteiger partial charge in [-0.15, -0.1) is 0 Å². The number of nitrogens with one attached hydrogen (secondary N) is 1. The van der Waals surface area contributed by atoms with E-state index in [-0.39, 0.29) is 0 Å². The number of nitrogen functional groups attached to an aromatic ring is 1. The Balaban J connectivity index is 1.91. The highest BCUT2D eigenvalue weighted by Crippen LogP contribution is 2.39. The quantitative estimate of drug-likeness (QED) is 0.764. The van der Waals surface area contributed by atoms with Gasteiger partial charge in [-0.1, -0.05) is 13.3 Å². The molecular formula is C10H16N4. The van der Waals surface area contributed by atoms with Crippen molar-refractivity contribution in [3.05, 3.63) is 12.3 Å². The Labute approximate surface area is 83.9 Å². The molecule has 4 heteroatoms. The molecular weight excluding hydrogens is 176 g/mol. The van der Waals surface area contributed by atoms with Crippen molar-refractivity contribution >= 4 is 11.8 Å². The lowest BCUT2D eigenvalue weighted by Crippen LogP contribution is -2.33. The smallest absolute Gasteiger partial charge is 0.224 e. The van der Waals surface area contributed by atoms with E-state index in [2.05, 4.69) is 22.2 Å². The van der Waals surface area contributed by atoms with Gasteiger partial charge in [0.15, 0.2) is 0 Å². The monoisotopic (exact) mass is 192 g/mol. The summed E-state index contributed by atoms with van der Waals surface area (Å²) in [5.41, 5.74) is 5.99. The number of nitrogens with two attached hydrogens (primary N) is 1. The summed E-state index contributed by atoms with van der Waals surface area (Å²) in [7, 11) is 0. The first-order valence-corrected chi connectivity index (χ1v) is 5.00. The second kappa shape index (κ2) is 3.44. The lowest BCUT2D eigenvalue weighted by atomic mass is 9.70. The summed E-state index contributed by atoms with van der Waals surface area (Å²) in [4.78, 5) is 8.19. The van der Waals surface area contributed by atoms with Crippen LogP contribution in [0.3, 0.4) is 0 Å². The topological polar surface area (TPSA) is 63.8 Å². The molecule has 0 aliphatic heterocycles. The molecule has 1 fully saturated rings. The summed E-state index contributed by atoms with van der Waals surface area (Å²) in [6.07, 6.45) is 5.61. The number of hydrogen-bond acceptors (Lipinski definition) is 4. The third-order valence-electron chi connectivity index (χ3n) is 2.91. The van der Waals surface area contributed by atoms with Crippen LogP contribution in [0.5, 0.6) is 0 Å².